The predicted molar refractivity (Wildman–Crippen MR) is 49.7 cm³/mol. The average molecular weight is 223 g/mol. The molecule has 0 radical (unpaired) electrons. The van der Waals surface area contributed by atoms with Crippen LogP contribution in [0.4, 0.5) is 4.39 Å². The van der Waals surface area contributed by atoms with Crippen LogP contribution in [0.5, 0.6) is 0 Å². The third-order valence-corrected chi connectivity index (χ3v) is 2.52. The van der Waals surface area contributed by atoms with Crippen molar-refractivity contribution in [1.82, 2.24) is 0 Å². The van der Waals surface area contributed by atoms with E-state index in [4.69, 9.17) is 10.7 Å². The highest BCUT2D eigenvalue weighted by atomic mass is 35.7. The molecule has 0 atom stereocenters. The van der Waals surface area contributed by atoms with E-state index in [-0.39, 0.29) is 5.75 Å². The van der Waals surface area contributed by atoms with Gasteiger partial charge in [-0.05, 0) is 11.1 Å². The second kappa shape index (κ2) is 4.07. The molecule has 2 nitrogen and oxygen atoms in total. The van der Waals surface area contributed by atoms with E-state index in [1.807, 2.05) is 0 Å². The third kappa shape index (κ3) is 3.74. The Morgan fingerprint density at radius 3 is 2.00 bits per heavy atom. The minimum atomic E-state index is -3.52. The van der Waals surface area contributed by atoms with E-state index in [9.17, 15) is 12.8 Å². The molecule has 0 saturated carbocycles. The maximum atomic E-state index is 12.1. The van der Waals surface area contributed by atoms with Gasteiger partial charge >= 0.3 is 0 Å². The van der Waals surface area contributed by atoms with Crippen molar-refractivity contribution in [2.45, 2.75) is 12.4 Å². The number of benzene rings is 1. The highest BCUT2D eigenvalue weighted by molar-refractivity contribution is 8.13. The first-order valence-corrected chi connectivity index (χ1v) is 6.05. The monoisotopic (exact) mass is 222 g/mol. The molecule has 1 aromatic rings. The van der Waals surface area contributed by atoms with Crippen LogP contribution in [-0.4, -0.2) is 8.42 Å². The molecule has 0 bridgehead atoms. The Hall–Kier alpha value is -0.610. The Bertz CT molecular complexity index is 372. The summed E-state index contributed by atoms with van der Waals surface area (Å²) in [5, 5.41) is 0. The summed E-state index contributed by atoms with van der Waals surface area (Å²) in [5.41, 5.74) is 1.09. The van der Waals surface area contributed by atoms with Crippen molar-refractivity contribution in [3.63, 3.8) is 0 Å². The van der Waals surface area contributed by atoms with Gasteiger partial charge in [0.2, 0.25) is 9.05 Å². The van der Waals surface area contributed by atoms with E-state index in [1.54, 1.807) is 12.1 Å². The standard InChI is InChI=1S/C8H8ClFO2S/c9-13(11,12)6-8-3-1-7(5-10)2-4-8/h1-4H,5-6H2. The highest BCUT2D eigenvalue weighted by Gasteiger charge is 2.06. The molecule has 5 heteroatoms. The minimum absolute atomic E-state index is 0.221. The van der Waals surface area contributed by atoms with E-state index in [0.717, 1.165) is 0 Å². The summed E-state index contributed by atoms with van der Waals surface area (Å²) in [5.74, 6) is -0.221. The van der Waals surface area contributed by atoms with Gasteiger partial charge in [-0.3, -0.25) is 0 Å². The van der Waals surface area contributed by atoms with Crippen molar-refractivity contribution in [1.29, 1.82) is 0 Å². The van der Waals surface area contributed by atoms with Gasteiger partial charge in [0.25, 0.3) is 0 Å². The summed E-state index contributed by atoms with van der Waals surface area (Å²) >= 11 is 0. The number of hydrogen-bond acceptors (Lipinski definition) is 2. The Labute approximate surface area is 80.8 Å². The Morgan fingerprint density at radius 2 is 1.62 bits per heavy atom. The first-order chi connectivity index (χ1) is 6.01. The summed E-state index contributed by atoms with van der Waals surface area (Å²) in [6, 6.07) is 6.18. The minimum Gasteiger partial charge on any atom is -0.246 e. The molecule has 0 spiro atoms. The van der Waals surface area contributed by atoms with Crippen molar-refractivity contribution >= 4 is 19.7 Å². The maximum absolute atomic E-state index is 12.1. The van der Waals surface area contributed by atoms with Crippen LogP contribution in [0.25, 0.3) is 0 Å². The molecule has 1 rings (SSSR count). The van der Waals surface area contributed by atoms with Crippen molar-refractivity contribution in [2.75, 3.05) is 0 Å². The van der Waals surface area contributed by atoms with Crippen molar-refractivity contribution in [2.24, 2.45) is 0 Å². The lowest BCUT2D eigenvalue weighted by atomic mass is 10.2. The fraction of sp³-hybridized carbons (Fsp3) is 0.250. The van der Waals surface area contributed by atoms with Crippen LogP contribution in [-0.2, 0) is 21.5 Å². The second-order valence-electron chi connectivity index (χ2n) is 2.63. The van der Waals surface area contributed by atoms with Crippen molar-refractivity contribution < 1.29 is 12.8 Å². The number of alkyl halides is 1. The third-order valence-electron chi connectivity index (χ3n) is 1.52. The normalized spacial score (nSPS) is 11.5. The average Bonchev–Trinajstić information content (AvgIpc) is 2.03. The predicted octanol–water partition coefficient (Wildman–Crippen LogP) is 2.22. The van der Waals surface area contributed by atoms with E-state index in [2.05, 4.69) is 0 Å². The Kier molecular flexibility index (Phi) is 3.27. The lowest BCUT2D eigenvalue weighted by Gasteiger charge is -1.98. The number of rotatable bonds is 3. The largest absolute Gasteiger partial charge is 0.246 e. The first kappa shape index (κ1) is 10.5. The molecule has 0 aliphatic heterocycles. The van der Waals surface area contributed by atoms with E-state index >= 15 is 0 Å². The molecule has 0 unspecified atom stereocenters. The zero-order chi connectivity index (χ0) is 9.90. The van der Waals surface area contributed by atoms with Gasteiger partial charge < -0.3 is 0 Å². The lowest BCUT2D eigenvalue weighted by Crippen LogP contribution is -1.94. The summed E-state index contributed by atoms with van der Waals surface area (Å²) in [6.07, 6.45) is 0. The first-order valence-electron chi connectivity index (χ1n) is 3.57. The summed E-state index contributed by atoms with van der Waals surface area (Å²) in [6.45, 7) is -0.548. The van der Waals surface area contributed by atoms with Crippen LogP contribution < -0.4 is 0 Å². The Morgan fingerprint density at radius 1 is 1.15 bits per heavy atom. The van der Waals surface area contributed by atoms with E-state index < -0.39 is 15.7 Å². The van der Waals surface area contributed by atoms with Gasteiger partial charge in [0, 0.05) is 10.7 Å². The van der Waals surface area contributed by atoms with Gasteiger partial charge in [-0.25, -0.2) is 12.8 Å². The summed E-state index contributed by atoms with van der Waals surface area (Å²) in [7, 11) is 1.52. The van der Waals surface area contributed by atoms with Crippen LogP contribution in [0.2, 0.25) is 0 Å². The molecule has 72 valence electrons. The summed E-state index contributed by atoms with van der Waals surface area (Å²) in [4.78, 5) is 0. The molecule has 0 aromatic heterocycles. The molecular weight excluding hydrogens is 215 g/mol. The highest BCUT2D eigenvalue weighted by Crippen LogP contribution is 2.11. The molecular formula is C8H8ClFO2S. The molecule has 1 aromatic carbocycles. The fourth-order valence-corrected chi connectivity index (χ4v) is 1.89. The number of hydrogen-bond donors (Lipinski definition) is 0. The molecule has 0 N–H and O–H groups in total. The molecule has 0 aliphatic carbocycles. The van der Waals surface area contributed by atoms with Crippen LogP contribution in [0.1, 0.15) is 11.1 Å². The molecule has 0 amide bonds. The van der Waals surface area contributed by atoms with Gasteiger partial charge in [0.1, 0.15) is 6.67 Å². The lowest BCUT2D eigenvalue weighted by molar-refractivity contribution is 0.485. The van der Waals surface area contributed by atoms with Crippen LogP contribution in [0, 0.1) is 0 Å². The SMILES string of the molecule is O=S(=O)(Cl)Cc1ccc(CF)cc1. The molecule has 0 saturated heterocycles. The van der Waals surface area contributed by atoms with Crippen molar-refractivity contribution in [3.8, 4) is 0 Å². The summed E-state index contributed by atoms with van der Waals surface area (Å²) < 4.78 is 33.3. The van der Waals surface area contributed by atoms with Crippen LogP contribution in [0.3, 0.4) is 0 Å². The van der Waals surface area contributed by atoms with Crippen LogP contribution >= 0.6 is 10.7 Å². The molecule has 0 heterocycles. The molecule has 13 heavy (non-hydrogen) atoms. The smallest absolute Gasteiger partial charge is 0.236 e. The zero-order valence-corrected chi connectivity index (χ0v) is 8.28. The maximum Gasteiger partial charge on any atom is 0.236 e. The zero-order valence-electron chi connectivity index (χ0n) is 6.70. The quantitative estimate of drug-likeness (QED) is 0.735. The topological polar surface area (TPSA) is 34.1 Å². The molecule has 0 fully saturated rings. The Balaban J connectivity index is 2.81. The fourth-order valence-electron chi connectivity index (χ4n) is 0.924. The second-order valence-corrected chi connectivity index (χ2v) is 5.41. The van der Waals surface area contributed by atoms with Gasteiger partial charge in [-0.2, -0.15) is 0 Å². The number of halogens is 2. The van der Waals surface area contributed by atoms with Crippen LogP contribution in [0.15, 0.2) is 24.3 Å². The van der Waals surface area contributed by atoms with Crippen molar-refractivity contribution in [3.05, 3.63) is 35.4 Å². The van der Waals surface area contributed by atoms with Gasteiger partial charge in [-0.1, -0.05) is 24.3 Å². The molecule has 0 aliphatic rings. The van der Waals surface area contributed by atoms with E-state index in [1.165, 1.54) is 12.1 Å². The van der Waals surface area contributed by atoms with Gasteiger partial charge in [0.05, 0.1) is 5.75 Å². The van der Waals surface area contributed by atoms with E-state index in [0.29, 0.717) is 11.1 Å². The van der Waals surface area contributed by atoms with Gasteiger partial charge in [-0.15, -0.1) is 0 Å². The van der Waals surface area contributed by atoms with Gasteiger partial charge in [0.15, 0.2) is 0 Å².